The Hall–Kier alpha value is -1.49. The van der Waals surface area contributed by atoms with E-state index in [1.807, 2.05) is 0 Å². The molecule has 1 fully saturated rings. The normalized spacial score (nSPS) is 19.8. The number of pyridine rings is 1. The molecule has 2 rings (SSSR count). The first-order valence-corrected chi connectivity index (χ1v) is 4.94. The first-order valence-electron chi connectivity index (χ1n) is 4.56. The van der Waals surface area contributed by atoms with Gasteiger partial charge in [0, 0.05) is 12.7 Å². The zero-order valence-electron chi connectivity index (χ0n) is 7.98. The Morgan fingerprint density at radius 3 is 2.87 bits per heavy atom. The van der Waals surface area contributed by atoms with Gasteiger partial charge in [0.05, 0.1) is 10.7 Å². The van der Waals surface area contributed by atoms with Crippen molar-refractivity contribution in [3.8, 4) is 0 Å². The number of aromatic nitrogens is 1. The molecule has 0 radical (unpaired) electrons. The minimum absolute atomic E-state index is 0.291. The van der Waals surface area contributed by atoms with Crippen molar-refractivity contribution in [1.82, 2.24) is 4.98 Å². The molecule has 1 unspecified atom stereocenters. The Kier molecular flexibility index (Phi) is 2.40. The summed E-state index contributed by atoms with van der Waals surface area (Å²) < 4.78 is 0. The summed E-state index contributed by atoms with van der Waals surface area (Å²) in [7, 11) is 0. The van der Waals surface area contributed by atoms with E-state index in [0.717, 1.165) is 13.0 Å². The van der Waals surface area contributed by atoms with Crippen LogP contribution in [0.25, 0.3) is 0 Å². The predicted molar refractivity (Wildman–Crippen MR) is 58.6 cm³/mol. The number of hydrogen-bond acceptors (Lipinski definition) is 4. The van der Waals surface area contributed by atoms with E-state index >= 15 is 0 Å². The molecule has 80 valence electrons. The number of anilines is 2. The molecule has 1 aliphatic rings. The second kappa shape index (κ2) is 3.58. The van der Waals surface area contributed by atoms with Crippen molar-refractivity contribution < 1.29 is 4.79 Å². The van der Waals surface area contributed by atoms with Crippen molar-refractivity contribution in [3.63, 3.8) is 0 Å². The first kappa shape index (κ1) is 10.0. The molecular formula is C9H11ClN4O. The Labute approximate surface area is 92.0 Å². The third-order valence-corrected chi connectivity index (χ3v) is 2.69. The van der Waals surface area contributed by atoms with Crippen molar-refractivity contribution in [2.45, 2.75) is 12.5 Å². The summed E-state index contributed by atoms with van der Waals surface area (Å²) in [6.07, 6.45) is 2.25. The van der Waals surface area contributed by atoms with E-state index in [1.54, 1.807) is 11.0 Å². The lowest BCUT2D eigenvalue weighted by Crippen LogP contribution is -2.55. The van der Waals surface area contributed by atoms with Gasteiger partial charge in [0.25, 0.3) is 0 Å². The molecule has 0 saturated carbocycles. The van der Waals surface area contributed by atoms with Crippen molar-refractivity contribution in [1.29, 1.82) is 0 Å². The van der Waals surface area contributed by atoms with Crippen LogP contribution in [0.2, 0.25) is 5.02 Å². The van der Waals surface area contributed by atoms with Gasteiger partial charge in [-0.15, -0.1) is 0 Å². The molecule has 1 amide bonds. The van der Waals surface area contributed by atoms with Crippen LogP contribution in [0, 0.1) is 0 Å². The van der Waals surface area contributed by atoms with Gasteiger partial charge in [-0.3, -0.25) is 4.79 Å². The molecular weight excluding hydrogens is 216 g/mol. The summed E-state index contributed by atoms with van der Waals surface area (Å²) in [6, 6.07) is 1.32. The highest BCUT2D eigenvalue weighted by molar-refractivity contribution is 6.30. The Morgan fingerprint density at radius 1 is 1.67 bits per heavy atom. The van der Waals surface area contributed by atoms with Crippen LogP contribution >= 0.6 is 11.6 Å². The number of nitrogens with zero attached hydrogens (tertiary/aromatic N) is 2. The van der Waals surface area contributed by atoms with Crippen LogP contribution in [0.4, 0.5) is 11.5 Å². The topological polar surface area (TPSA) is 85.2 Å². The molecule has 0 aliphatic carbocycles. The maximum Gasteiger partial charge on any atom is 0.240 e. The van der Waals surface area contributed by atoms with E-state index in [9.17, 15) is 4.79 Å². The molecule has 0 aromatic carbocycles. The molecule has 5 nitrogen and oxygen atoms in total. The smallest absolute Gasteiger partial charge is 0.240 e. The SMILES string of the molecule is NC(=O)C1CCN1c1ncc(Cl)cc1N. The molecule has 1 aliphatic heterocycles. The fraction of sp³-hybridized carbons (Fsp3) is 0.333. The van der Waals surface area contributed by atoms with Crippen molar-refractivity contribution in [2.24, 2.45) is 5.73 Å². The number of amides is 1. The number of nitrogen functional groups attached to an aromatic ring is 1. The summed E-state index contributed by atoms with van der Waals surface area (Å²) in [4.78, 5) is 16.9. The maximum absolute atomic E-state index is 11.0. The first-order chi connectivity index (χ1) is 7.09. The average molecular weight is 227 g/mol. The zero-order valence-corrected chi connectivity index (χ0v) is 8.74. The molecule has 15 heavy (non-hydrogen) atoms. The second-order valence-corrected chi connectivity index (χ2v) is 3.90. The van der Waals surface area contributed by atoms with Crippen LogP contribution < -0.4 is 16.4 Å². The van der Waals surface area contributed by atoms with Gasteiger partial charge in [0.1, 0.15) is 6.04 Å². The molecule has 6 heteroatoms. The van der Waals surface area contributed by atoms with E-state index in [-0.39, 0.29) is 11.9 Å². The summed E-state index contributed by atoms with van der Waals surface area (Å²) in [5.41, 5.74) is 11.4. The largest absolute Gasteiger partial charge is 0.396 e. The number of nitrogens with two attached hydrogens (primary N) is 2. The van der Waals surface area contributed by atoms with E-state index in [0.29, 0.717) is 16.5 Å². The molecule has 0 spiro atoms. The number of primary amides is 1. The van der Waals surface area contributed by atoms with E-state index in [4.69, 9.17) is 23.1 Å². The van der Waals surface area contributed by atoms with Gasteiger partial charge in [0.15, 0.2) is 5.82 Å². The van der Waals surface area contributed by atoms with E-state index in [2.05, 4.69) is 4.98 Å². The molecule has 1 aromatic rings. The summed E-state index contributed by atoms with van der Waals surface area (Å²) in [5.74, 6) is 0.229. The van der Waals surface area contributed by atoms with Crippen LogP contribution in [0.1, 0.15) is 6.42 Å². The van der Waals surface area contributed by atoms with Crippen LogP contribution in [0.5, 0.6) is 0 Å². The molecule has 1 saturated heterocycles. The monoisotopic (exact) mass is 226 g/mol. The van der Waals surface area contributed by atoms with Gasteiger partial charge in [-0.2, -0.15) is 0 Å². The highest BCUT2D eigenvalue weighted by Crippen LogP contribution is 2.30. The highest BCUT2D eigenvalue weighted by atomic mass is 35.5. The Balaban J connectivity index is 2.27. The number of rotatable bonds is 2. The summed E-state index contributed by atoms with van der Waals surface area (Å²) >= 11 is 5.73. The van der Waals surface area contributed by atoms with Crippen LogP contribution in [0.15, 0.2) is 12.3 Å². The fourth-order valence-corrected chi connectivity index (χ4v) is 1.79. The average Bonchev–Trinajstić information content (AvgIpc) is 2.06. The Bertz CT molecular complexity index is 409. The number of carbonyl (C=O) groups excluding carboxylic acids is 1. The van der Waals surface area contributed by atoms with E-state index in [1.165, 1.54) is 6.20 Å². The predicted octanol–water partition coefficient (Wildman–Crippen LogP) is 0.381. The quantitative estimate of drug-likeness (QED) is 0.764. The lowest BCUT2D eigenvalue weighted by atomic mass is 10.0. The van der Waals surface area contributed by atoms with Crippen LogP contribution in [-0.4, -0.2) is 23.5 Å². The van der Waals surface area contributed by atoms with Crippen molar-refractivity contribution >= 4 is 29.0 Å². The van der Waals surface area contributed by atoms with Gasteiger partial charge >= 0.3 is 0 Å². The molecule has 2 heterocycles. The van der Waals surface area contributed by atoms with E-state index < -0.39 is 0 Å². The van der Waals surface area contributed by atoms with Gasteiger partial charge in [-0.1, -0.05) is 11.6 Å². The summed E-state index contributed by atoms with van der Waals surface area (Å²) in [6.45, 7) is 0.742. The second-order valence-electron chi connectivity index (χ2n) is 3.47. The van der Waals surface area contributed by atoms with Crippen LogP contribution in [-0.2, 0) is 4.79 Å². The highest BCUT2D eigenvalue weighted by Gasteiger charge is 2.34. The van der Waals surface area contributed by atoms with Gasteiger partial charge in [0.2, 0.25) is 5.91 Å². The van der Waals surface area contributed by atoms with Gasteiger partial charge in [-0.25, -0.2) is 4.98 Å². The molecule has 1 atom stereocenters. The van der Waals surface area contributed by atoms with Crippen LogP contribution in [0.3, 0.4) is 0 Å². The van der Waals surface area contributed by atoms with Gasteiger partial charge in [-0.05, 0) is 12.5 Å². The molecule has 1 aromatic heterocycles. The third kappa shape index (κ3) is 1.70. The molecule has 0 bridgehead atoms. The minimum atomic E-state index is -0.350. The zero-order chi connectivity index (χ0) is 11.0. The Morgan fingerprint density at radius 2 is 2.40 bits per heavy atom. The number of hydrogen-bond donors (Lipinski definition) is 2. The fourth-order valence-electron chi connectivity index (χ4n) is 1.62. The minimum Gasteiger partial charge on any atom is -0.396 e. The lowest BCUT2D eigenvalue weighted by Gasteiger charge is -2.40. The third-order valence-electron chi connectivity index (χ3n) is 2.48. The standard InChI is InChI=1S/C9H11ClN4O/c10-5-3-6(11)9(13-4-5)14-2-1-7(14)8(12)15/h3-4,7H,1-2,11H2,(H2,12,15). The number of carbonyl (C=O) groups is 1. The van der Waals surface area contributed by atoms with Gasteiger partial charge < -0.3 is 16.4 Å². The lowest BCUT2D eigenvalue weighted by molar-refractivity contribution is -0.120. The maximum atomic E-state index is 11.0. The number of halogens is 1. The van der Waals surface area contributed by atoms with Crippen molar-refractivity contribution in [3.05, 3.63) is 17.3 Å². The van der Waals surface area contributed by atoms with Crippen molar-refractivity contribution in [2.75, 3.05) is 17.2 Å². The molecule has 4 N–H and O–H groups in total. The summed E-state index contributed by atoms with van der Waals surface area (Å²) in [5, 5.41) is 0.479.